The van der Waals surface area contributed by atoms with Crippen molar-refractivity contribution < 1.29 is 9.84 Å². The summed E-state index contributed by atoms with van der Waals surface area (Å²) in [7, 11) is 0. The van der Waals surface area contributed by atoms with E-state index in [9.17, 15) is 5.11 Å². The van der Waals surface area contributed by atoms with Gasteiger partial charge in [0.2, 0.25) is 0 Å². The van der Waals surface area contributed by atoms with Crippen LogP contribution in [0.4, 0.5) is 0 Å². The summed E-state index contributed by atoms with van der Waals surface area (Å²) in [5, 5.41) is 19.1. The predicted molar refractivity (Wildman–Crippen MR) is 53.6 cm³/mol. The minimum atomic E-state index is -0.650. The van der Waals surface area contributed by atoms with Crippen LogP contribution in [0.5, 0.6) is 0 Å². The van der Waals surface area contributed by atoms with E-state index in [4.69, 9.17) is 10.00 Å². The molecule has 0 amide bonds. The van der Waals surface area contributed by atoms with E-state index in [0.717, 1.165) is 19.4 Å². The molecule has 1 rings (SSSR count). The van der Waals surface area contributed by atoms with E-state index in [0.29, 0.717) is 18.9 Å². The van der Waals surface area contributed by atoms with Crippen molar-refractivity contribution in [2.24, 2.45) is 11.3 Å². The van der Waals surface area contributed by atoms with Crippen LogP contribution in [-0.2, 0) is 4.74 Å². The minimum absolute atomic E-state index is 0.386. The lowest BCUT2D eigenvalue weighted by atomic mass is 9.76. The van der Waals surface area contributed by atoms with Gasteiger partial charge in [-0.3, -0.25) is 0 Å². The van der Waals surface area contributed by atoms with E-state index in [-0.39, 0.29) is 0 Å². The molecule has 14 heavy (non-hydrogen) atoms. The first-order valence-electron chi connectivity index (χ1n) is 5.28. The molecule has 3 nitrogen and oxygen atoms in total. The molecular formula is C11H19NO2. The third kappa shape index (κ3) is 2.46. The van der Waals surface area contributed by atoms with Gasteiger partial charge in [-0.05, 0) is 25.2 Å². The van der Waals surface area contributed by atoms with Crippen LogP contribution in [0.3, 0.4) is 0 Å². The van der Waals surface area contributed by atoms with Gasteiger partial charge in [-0.1, -0.05) is 13.8 Å². The molecule has 1 fully saturated rings. The zero-order chi connectivity index (χ0) is 10.6. The molecule has 0 saturated carbocycles. The van der Waals surface area contributed by atoms with Crippen LogP contribution in [-0.4, -0.2) is 24.4 Å². The third-order valence-electron chi connectivity index (χ3n) is 2.83. The van der Waals surface area contributed by atoms with Crippen molar-refractivity contribution in [3.63, 3.8) is 0 Å². The Morgan fingerprint density at radius 1 is 1.57 bits per heavy atom. The van der Waals surface area contributed by atoms with E-state index in [1.165, 1.54) is 0 Å². The van der Waals surface area contributed by atoms with Crippen LogP contribution in [0.1, 0.15) is 33.1 Å². The van der Waals surface area contributed by atoms with Gasteiger partial charge in [0.1, 0.15) is 5.41 Å². The van der Waals surface area contributed by atoms with Crippen molar-refractivity contribution in [2.45, 2.75) is 39.2 Å². The van der Waals surface area contributed by atoms with Gasteiger partial charge in [-0.25, -0.2) is 0 Å². The molecule has 0 bridgehead atoms. The van der Waals surface area contributed by atoms with Crippen molar-refractivity contribution in [1.82, 2.24) is 0 Å². The Kier molecular flexibility index (Phi) is 3.91. The molecule has 0 aromatic carbocycles. The Morgan fingerprint density at radius 3 is 2.71 bits per heavy atom. The number of nitriles is 1. The summed E-state index contributed by atoms with van der Waals surface area (Å²) in [6.07, 6.45) is 1.77. The Morgan fingerprint density at radius 2 is 2.29 bits per heavy atom. The topological polar surface area (TPSA) is 53.2 Å². The lowest BCUT2D eigenvalue weighted by Crippen LogP contribution is -2.41. The molecule has 1 aliphatic heterocycles. The molecule has 1 saturated heterocycles. The van der Waals surface area contributed by atoms with Gasteiger partial charge in [0.05, 0.1) is 18.8 Å². The largest absolute Gasteiger partial charge is 0.391 e. The molecule has 0 aromatic heterocycles. The van der Waals surface area contributed by atoms with Crippen LogP contribution in [0.15, 0.2) is 0 Å². The van der Waals surface area contributed by atoms with Crippen LogP contribution in [0, 0.1) is 22.7 Å². The van der Waals surface area contributed by atoms with Crippen LogP contribution in [0.2, 0.25) is 0 Å². The van der Waals surface area contributed by atoms with Gasteiger partial charge in [-0.15, -0.1) is 0 Å². The van der Waals surface area contributed by atoms with E-state index < -0.39 is 11.5 Å². The van der Waals surface area contributed by atoms with Gasteiger partial charge in [0.25, 0.3) is 0 Å². The first kappa shape index (κ1) is 11.5. The van der Waals surface area contributed by atoms with Gasteiger partial charge in [0.15, 0.2) is 0 Å². The second-order valence-electron chi connectivity index (χ2n) is 4.57. The maximum Gasteiger partial charge on any atom is 0.106 e. The fraction of sp³-hybridized carbons (Fsp3) is 0.909. The molecule has 3 heteroatoms. The summed E-state index contributed by atoms with van der Waals surface area (Å²) >= 11 is 0. The lowest BCUT2D eigenvalue weighted by Gasteiger charge is -2.35. The maximum atomic E-state index is 9.99. The van der Waals surface area contributed by atoms with Crippen molar-refractivity contribution in [3.8, 4) is 6.07 Å². The normalized spacial score (nSPS) is 29.9. The highest BCUT2D eigenvalue weighted by Gasteiger charge is 2.40. The Bertz CT molecular complexity index is 214. The zero-order valence-corrected chi connectivity index (χ0v) is 8.99. The molecule has 1 N–H and O–H groups in total. The van der Waals surface area contributed by atoms with Crippen molar-refractivity contribution in [1.29, 1.82) is 5.26 Å². The number of aliphatic hydroxyl groups is 1. The maximum absolute atomic E-state index is 9.99. The minimum Gasteiger partial charge on any atom is -0.391 e. The van der Waals surface area contributed by atoms with Crippen LogP contribution < -0.4 is 0 Å². The Balaban J connectivity index is 2.63. The highest BCUT2D eigenvalue weighted by atomic mass is 16.5. The predicted octanol–water partition coefficient (Wildman–Crippen LogP) is 1.71. The fourth-order valence-corrected chi connectivity index (χ4v) is 1.91. The number of hydrogen-bond acceptors (Lipinski definition) is 3. The Hall–Kier alpha value is -0.590. The van der Waals surface area contributed by atoms with Gasteiger partial charge in [-0.2, -0.15) is 5.26 Å². The molecule has 0 radical (unpaired) electrons. The first-order chi connectivity index (χ1) is 6.60. The molecule has 0 aliphatic carbocycles. The molecule has 1 aliphatic rings. The van der Waals surface area contributed by atoms with Crippen molar-refractivity contribution in [3.05, 3.63) is 0 Å². The van der Waals surface area contributed by atoms with Gasteiger partial charge in [0, 0.05) is 6.61 Å². The van der Waals surface area contributed by atoms with Crippen molar-refractivity contribution >= 4 is 0 Å². The second kappa shape index (κ2) is 4.77. The van der Waals surface area contributed by atoms with Gasteiger partial charge < -0.3 is 9.84 Å². The number of rotatable bonds is 3. The smallest absolute Gasteiger partial charge is 0.106 e. The van der Waals surface area contributed by atoms with Crippen LogP contribution >= 0.6 is 0 Å². The average molecular weight is 197 g/mol. The molecule has 2 atom stereocenters. The molecule has 0 spiro atoms. The van der Waals surface area contributed by atoms with Crippen LogP contribution in [0.25, 0.3) is 0 Å². The van der Waals surface area contributed by atoms with E-state index in [2.05, 4.69) is 19.9 Å². The third-order valence-corrected chi connectivity index (χ3v) is 2.83. The summed E-state index contributed by atoms with van der Waals surface area (Å²) in [5.74, 6) is 0.414. The average Bonchev–Trinajstić information content (AvgIpc) is 2.18. The molecule has 80 valence electrons. The number of nitrogens with zero attached hydrogens (tertiary/aromatic N) is 1. The zero-order valence-electron chi connectivity index (χ0n) is 8.99. The summed E-state index contributed by atoms with van der Waals surface area (Å²) in [6, 6.07) is 2.25. The van der Waals surface area contributed by atoms with E-state index in [1.54, 1.807) is 0 Å². The summed E-state index contributed by atoms with van der Waals surface area (Å²) < 4.78 is 5.30. The van der Waals surface area contributed by atoms with E-state index in [1.807, 2.05) is 0 Å². The quantitative estimate of drug-likeness (QED) is 0.749. The fourth-order valence-electron chi connectivity index (χ4n) is 1.91. The monoisotopic (exact) mass is 197 g/mol. The van der Waals surface area contributed by atoms with Gasteiger partial charge >= 0.3 is 0 Å². The SMILES string of the molecule is CC(C)CC(O)C1(C#N)CCCOC1. The molecular weight excluding hydrogens is 178 g/mol. The summed E-state index contributed by atoms with van der Waals surface area (Å²) in [6.45, 7) is 5.21. The number of ether oxygens (including phenoxy) is 1. The Labute approximate surface area is 85.7 Å². The highest BCUT2D eigenvalue weighted by Crippen LogP contribution is 2.34. The summed E-state index contributed by atoms with van der Waals surface area (Å²) in [4.78, 5) is 0. The highest BCUT2D eigenvalue weighted by molar-refractivity contribution is 5.05. The standard InChI is InChI=1S/C11H19NO2/c1-9(2)6-10(13)11(7-12)4-3-5-14-8-11/h9-10,13H,3-6,8H2,1-2H3. The molecule has 0 aromatic rings. The van der Waals surface area contributed by atoms with Crippen molar-refractivity contribution in [2.75, 3.05) is 13.2 Å². The van der Waals surface area contributed by atoms with E-state index >= 15 is 0 Å². The molecule has 1 heterocycles. The molecule has 2 unspecified atom stereocenters. The summed E-state index contributed by atoms with van der Waals surface area (Å²) in [5.41, 5.74) is -0.650. The second-order valence-corrected chi connectivity index (χ2v) is 4.57. The first-order valence-corrected chi connectivity index (χ1v) is 5.28. The lowest BCUT2D eigenvalue weighted by molar-refractivity contribution is -0.0555. The number of hydrogen-bond donors (Lipinski definition) is 1. The number of aliphatic hydroxyl groups excluding tert-OH is 1.